The van der Waals surface area contributed by atoms with E-state index in [-0.39, 0.29) is 0 Å². The van der Waals surface area contributed by atoms with Gasteiger partial charge in [-0.2, -0.15) is 0 Å². The Morgan fingerprint density at radius 3 is 2.11 bits per heavy atom. The molecule has 0 aliphatic rings. The summed E-state index contributed by atoms with van der Waals surface area (Å²) in [5.41, 5.74) is 3.80. The predicted octanol–water partition coefficient (Wildman–Crippen LogP) is 4.47. The van der Waals surface area contributed by atoms with E-state index in [2.05, 4.69) is 5.16 Å². The minimum atomic E-state index is 0.685. The van der Waals surface area contributed by atoms with E-state index in [0.29, 0.717) is 12.1 Å². The van der Waals surface area contributed by atoms with Gasteiger partial charge in [-0.15, -0.1) is 0 Å². The lowest BCUT2D eigenvalue weighted by molar-refractivity contribution is 0.319. The lowest BCUT2D eigenvalue weighted by Gasteiger charge is -2.08. The van der Waals surface area contributed by atoms with Crippen molar-refractivity contribution in [2.75, 3.05) is 0 Å². The second-order valence-corrected chi connectivity index (χ2v) is 4.23. The minimum Gasteiger partial charge on any atom is -0.411 e. The van der Waals surface area contributed by atoms with E-state index in [1.807, 2.05) is 73.7 Å². The molecule has 0 heterocycles. The Labute approximate surface area is 113 Å². The van der Waals surface area contributed by atoms with Crippen LogP contribution in [-0.4, -0.2) is 10.9 Å². The molecule has 19 heavy (non-hydrogen) atoms. The van der Waals surface area contributed by atoms with Gasteiger partial charge >= 0.3 is 0 Å². The summed E-state index contributed by atoms with van der Waals surface area (Å²) in [4.78, 5) is 0. The lowest BCUT2D eigenvalue weighted by Crippen LogP contribution is -2.00. The van der Waals surface area contributed by atoms with E-state index < -0.39 is 0 Å². The van der Waals surface area contributed by atoms with Crippen molar-refractivity contribution in [1.29, 1.82) is 0 Å². The summed E-state index contributed by atoms with van der Waals surface area (Å²) in [6.07, 6.45) is 2.73. The van der Waals surface area contributed by atoms with Crippen molar-refractivity contribution in [3.05, 3.63) is 71.8 Å². The molecule has 2 nitrogen and oxygen atoms in total. The van der Waals surface area contributed by atoms with E-state index in [9.17, 15) is 5.21 Å². The fourth-order valence-electron chi connectivity index (χ4n) is 1.98. The second kappa shape index (κ2) is 6.55. The summed E-state index contributed by atoms with van der Waals surface area (Å²) < 4.78 is 0. The molecule has 96 valence electrons. The Morgan fingerprint density at radius 1 is 1.00 bits per heavy atom. The summed E-state index contributed by atoms with van der Waals surface area (Å²) >= 11 is 0. The van der Waals surface area contributed by atoms with Gasteiger partial charge in [0.2, 0.25) is 0 Å². The van der Waals surface area contributed by atoms with Crippen LogP contribution in [0.5, 0.6) is 0 Å². The lowest BCUT2D eigenvalue weighted by atomic mass is 9.97. The normalized spacial score (nSPS) is 12.5. The fraction of sp³-hybridized carbons (Fsp3) is 0.118. The van der Waals surface area contributed by atoms with Crippen LogP contribution in [0, 0.1) is 0 Å². The highest BCUT2D eigenvalue weighted by molar-refractivity contribution is 6.27. The molecule has 0 saturated heterocycles. The maximum atomic E-state index is 9.18. The minimum absolute atomic E-state index is 0.685. The molecular formula is C17H17NO. The number of hydrogen-bond acceptors (Lipinski definition) is 2. The Bertz CT molecular complexity index is 571. The van der Waals surface area contributed by atoms with Crippen molar-refractivity contribution in [2.45, 2.75) is 13.3 Å². The molecule has 0 spiro atoms. The first-order valence-corrected chi connectivity index (χ1v) is 6.38. The highest BCUT2D eigenvalue weighted by Gasteiger charge is 2.08. The van der Waals surface area contributed by atoms with Gasteiger partial charge in [0, 0.05) is 5.57 Å². The highest BCUT2D eigenvalue weighted by Crippen LogP contribution is 2.21. The molecule has 0 radical (unpaired) electrons. The molecule has 2 aromatic rings. The number of nitrogens with zero attached hydrogens (tertiary/aromatic N) is 1. The first-order valence-electron chi connectivity index (χ1n) is 6.38. The highest BCUT2D eigenvalue weighted by atomic mass is 16.4. The van der Waals surface area contributed by atoms with Crippen molar-refractivity contribution in [2.24, 2.45) is 5.16 Å². The first kappa shape index (κ1) is 13.1. The number of rotatable bonds is 4. The largest absolute Gasteiger partial charge is 0.411 e. The Balaban J connectivity index is 2.50. The zero-order chi connectivity index (χ0) is 13.5. The maximum Gasteiger partial charge on any atom is 0.0871 e. The van der Waals surface area contributed by atoms with Gasteiger partial charge < -0.3 is 5.21 Å². The van der Waals surface area contributed by atoms with Crippen LogP contribution < -0.4 is 0 Å². The molecule has 2 heteroatoms. The van der Waals surface area contributed by atoms with Crippen LogP contribution in [-0.2, 0) is 0 Å². The SMILES string of the molecule is CCC(=NO)C(=Cc1ccccc1)c1ccccc1. The van der Waals surface area contributed by atoms with Gasteiger partial charge in [-0.1, -0.05) is 72.7 Å². The molecule has 0 aliphatic carbocycles. The van der Waals surface area contributed by atoms with E-state index in [4.69, 9.17) is 0 Å². The number of benzene rings is 2. The number of hydrogen-bond donors (Lipinski definition) is 1. The summed E-state index contributed by atoms with van der Waals surface area (Å²) in [5, 5.41) is 12.6. The van der Waals surface area contributed by atoms with Crippen molar-refractivity contribution in [3.8, 4) is 0 Å². The van der Waals surface area contributed by atoms with Gasteiger partial charge in [-0.05, 0) is 23.6 Å². The fourth-order valence-corrected chi connectivity index (χ4v) is 1.98. The zero-order valence-electron chi connectivity index (χ0n) is 11.0. The van der Waals surface area contributed by atoms with E-state index in [0.717, 1.165) is 16.7 Å². The van der Waals surface area contributed by atoms with Gasteiger partial charge in [0.05, 0.1) is 5.71 Å². The molecule has 0 fully saturated rings. The third-order valence-corrected chi connectivity index (χ3v) is 2.96. The van der Waals surface area contributed by atoms with Gasteiger partial charge in [0.1, 0.15) is 0 Å². The zero-order valence-corrected chi connectivity index (χ0v) is 11.0. The summed E-state index contributed by atoms with van der Waals surface area (Å²) in [6.45, 7) is 1.98. The van der Waals surface area contributed by atoms with Crippen LogP contribution in [0.2, 0.25) is 0 Å². The molecule has 0 unspecified atom stereocenters. The molecule has 2 rings (SSSR count). The third-order valence-electron chi connectivity index (χ3n) is 2.96. The van der Waals surface area contributed by atoms with Crippen LogP contribution in [0.1, 0.15) is 24.5 Å². The van der Waals surface area contributed by atoms with E-state index in [1.165, 1.54) is 0 Å². The topological polar surface area (TPSA) is 32.6 Å². The van der Waals surface area contributed by atoms with Crippen LogP contribution in [0.25, 0.3) is 11.6 Å². The van der Waals surface area contributed by atoms with Gasteiger partial charge in [0.15, 0.2) is 0 Å². The molecule has 2 aromatic carbocycles. The quantitative estimate of drug-likeness (QED) is 0.370. The van der Waals surface area contributed by atoms with Gasteiger partial charge in [-0.3, -0.25) is 0 Å². The molecule has 0 atom stereocenters. The van der Waals surface area contributed by atoms with Crippen LogP contribution >= 0.6 is 0 Å². The Hall–Kier alpha value is -2.35. The van der Waals surface area contributed by atoms with E-state index in [1.54, 1.807) is 0 Å². The summed E-state index contributed by atoms with van der Waals surface area (Å²) in [6, 6.07) is 20.0. The van der Waals surface area contributed by atoms with Crippen molar-refractivity contribution >= 4 is 17.4 Å². The first-order chi connectivity index (χ1) is 9.35. The summed E-state index contributed by atoms with van der Waals surface area (Å²) in [5.74, 6) is 0. The maximum absolute atomic E-state index is 9.18. The molecule has 0 saturated carbocycles. The van der Waals surface area contributed by atoms with Crippen molar-refractivity contribution < 1.29 is 5.21 Å². The molecule has 0 bridgehead atoms. The molecular weight excluding hydrogens is 234 g/mol. The molecule has 1 N–H and O–H groups in total. The number of allylic oxidation sites excluding steroid dienone is 1. The van der Waals surface area contributed by atoms with Gasteiger partial charge in [0.25, 0.3) is 0 Å². The smallest absolute Gasteiger partial charge is 0.0871 e. The van der Waals surface area contributed by atoms with Gasteiger partial charge in [-0.25, -0.2) is 0 Å². The van der Waals surface area contributed by atoms with Crippen LogP contribution in [0.4, 0.5) is 0 Å². The van der Waals surface area contributed by atoms with Crippen LogP contribution in [0.3, 0.4) is 0 Å². The Kier molecular flexibility index (Phi) is 4.51. The molecule has 0 aliphatic heterocycles. The predicted molar refractivity (Wildman–Crippen MR) is 80.3 cm³/mol. The monoisotopic (exact) mass is 251 g/mol. The van der Waals surface area contributed by atoms with Crippen LogP contribution in [0.15, 0.2) is 65.8 Å². The molecule has 0 aromatic heterocycles. The standard InChI is InChI=1S/C17H17NO/c1-2-17(18-19)16(15-11-7-4-8-12-15)13-14-9-5-3-6-10-14/h3-13,19H,2H2,1H3. The third kappa shape index (κ3) is 3.32. The average Bonchev–Trinajstić information content (AvgIpc) is 2.49. The summed E-state index contributed by atoms with van der Waals surface area (Å²) in [7, 11) is 0. The van der Waals surface area contributed by atoms with Crippen molar-refractivity contribution in [1.82, 2.24) is 0 Å². The van der Waals surface area contributed by atoms with Crippen molar-refractivity contribution in [3.63, 3.8) is 0 Å². The average molecular weight is 251 g/mol. The number of oxime groups is 1. The second-order valence-electron chi connectivity index (χ2n) is 4.23. The molecule has 0 amide bonds. The van der Waals surface area contributed by atoms with E-state index >= 15 is 0 Å². The Morgan fingerprint density at radius 2 is 1.58 bits per heavy atom.